The van der Waals surface area contributed by atoms with Gasteiger partial charge in [-0.1, -0.05) is 26.0 Å². The molecule has 0 saturated heterocycles. The molecule has 0 atom stereocenters. The number of hydrogen-bond acceptors (Lipinski definition) is 2. The SMILES string of the molecule is Cc1cccc(N)c1OCC(C)C. The molecular formula is C11H17NO. The molecule has 0 spiro atoms. The van der Waals surface area contributed by atoms with Crippen LogP contribution in [0.2, 0.25) is 0 Å². The first kappa shape index (κ1) is 9.90. The van der Waals surface area contributed by atoms with E-state index < -0.39 is 0 Å². The van der Waals surface area contributed by atoms with Crippen molar-refractivity contribution in [2.45, 2.75) is 20.8 Å². The van der Waals surface area contributed by atoms with Crippen molar-refractivity contribution in [2.75, 3.05) is 12.3 Å². The molecule has 2 nitrogen and oxygen atoms in total. The smallest absolute Gasteiger partial charge is 0.145 e. The molecule has 1 aromatic rings. The number of para-hydroxylation sites is 1. The Balaban J connectivity index is 2.75. The van der Waals surface area contributed by atoms with Crippen molar-refractivity contribution in [3.8, 4) is 5.75 Å². The summed E-state index contributed by atoms with van der Waals surface area (Å²) in [6, 6.07) is 5.81. The van der Waals surface area contributed by atoms with Crippen LogP contribution in [0, 0.1) is 12.8 Å². The molecule has 1 rings (SSSR count). The Hall–Kier alpha value is -1.18. The van der Waals surface area contributed by atoms with Crippen molar-refractivity contribution in [2.24, 2.45) is 5.92 Å². The van der Waals surface area contributed by atoms with Gasteiger partial charge in [-0.15, -0.1) is 0 Å². The summed E-state index contributed by atoms with van der Waals surface area (Å²) in [5, 5.41) is 0. The molecule has 0 aromatic heterocycles. The lowest BCUT2D eigenvalue weighted by molar-refractivity contribution is 0.271. The van der Waals surface area contributed by atoms with Gasteiger partial charge in [-0.25, -0.2) is 0 Å². The Kier molecular flexibility index (Phi) is 3.18. The molecule has 0 saturated carbocycles. The fourth-order valence-corrected chi connectivity index (χ4v) is 1.12. The van der Waals surface area contributed by atoms with Crippen molar-refractivity contribution in [3.63, 3.8) is 0 Å². The zero-order chi connectivity index (χ0) is 9.84. The van der Waals surface area contributed by atoms with Gasteiger partial charge in [0, 0.05) is 0 Å². The van der Waals surface area contributed by atoms with Gasteiger partial charge in [-0.2, -0.15) is 0 Å². The summed E-state index contributed by atoms with van der Waals surface area (Å²) in [7, 11) is 0. The lowest BCUT2D eigenvalue weighted by Gasteiger charge is -2.12. The predicted octanol–water partition coefficient (Wildman–Crippen LogP) is 2.61. The van der Waals surface area contributed by atoms with E-state index in [0.29, 0.717) is 5.92 Å². The molecular weight excluding hydrogens is 162 g/mol. The molecule has 2 heteroatoms. The Morgan fingerprint density at radius 3 is 2.62 bits per heavy atom. The minimum atomic E-state index is 0.527. The predicted molar refractivity (Wildman–Crippen MR) is 55.9 cm³/mol. The molecule has 13 heavy (non-hydrogen) atoms. The monoisotopic (exact) mass is 179 g/mol. The van der Waals surface area contributed by atoms with Gasteiger partial charge in [-0.3, -0.25) is 0 Å². The Morgan fingerprint density at radius 1 is 1.38 bits per heavy atom. The lowest BCUT2D eigenvalue weighted by Crippen LogP contribution is -2.07. The average Bonchev–Trinajstić information content (AvgIpc) is 2.03. The van der Waals surface area contributed by atoms with Crippen LogP contribution in [0.5, 0.6) is 5.75 Å². The van der Waals surface area contributed by atoms with Gasteiger partial charge in [0.15, 0.2) is 0 Å². The van der Waals surface area contributed by atoms with E-state index in [0.717, 1.165) is 23.6 Å². The van der Waals surface area contributed by atoms with Crippen LogP contribution in [-0.2, 0) is 0 Å². The Labute approximate surface area is 79.7 Å². The van der Waals surface area contributed by atoms with Gasteiger partial charge in [0.05, 0.1) is 12.3 Å². The maximum atomic E-state index is 5.78. The third-order valence-electron chi connectivity index (χ3n) is 1.80. The second-order valence-corrected chi connectivity index (χ2v) is 3.70. The van der Waals surface area contributed by atoms with Gasteiger partial charge in [0.1, 0.15) is 5.75 Å². The quantitative estimate of drug-likeness (QED) is 0.724. The molecule has 0 aliphatic rings. The minimum absolute atomic E-state index is 0.527. The number of ether oxygens (including phenoxy) is 1. The van der Waals surface area contributed by atoms with E-state index in [-0.39, 0.29) is 0 Å². The molecule has 0 heterocycles. The topological polar surface area (TPSA) is 35.2 Å². The molecule has 2 N–H and O–H groups in total. The first-order chi connectivity index (χ1) is 6.11. The normalized spacial score (nSPS) is 10.5. The van der Waals surface area contributed by atoms with Crippen molar-refractivity contribution >= 4 is 5.69 Å². The summed E-state index contributed by atoms with van der Waals surface area (Å²) in [6.07, 6.45) is 0. The van der Waals surface area contributed by atoms with E-state index in [2.05, 4.69) is 13.8 Å². The molecule has 0 fully saturated rings. The molecule has 0 aliphatic heterocycles. The minimum Gasteiger partial charge on any atom is -0.491 e. The van der Waals surface area contributed by atoms with Crippen molar-refractivity contribution in [3.05, 3.63) is 23.8 Å². The zero-order valence-corrected chi connectivity index (χ0v) is 8.50. The van der Waals surface area contributed by atoms with E-state index in [1.165, 1.54) is 0 Å². The van der Waals surface area contributed by atoms with Crippen LogP contribution in [0.15, 0.2) is 18.2 Å². The van der Waals surface area contributed by atoms with E-state index >= 15 is 0 Å². The average molecular weight is 179 g/mol. The van der Waals surface area contributed by atoms with Crippen LogP contribution in [0.4, 0.5) is 5.69 Å². The summed E-state index contributed by atoms with van der Waals surface area (Å²) in [6.45, 7) is 6.96. The number of benzene rings is 1. The first-order valence-electron chi connectivity index (χ1n) is 4.59. The fraction of sp³-hybridized carbons (Fsp3) is 0.455. The molecule has 0 aliphatic carbocycles. The lowest BCUT2D eigenvalue weighted by atomic mass is 10.2. The fourth-order valence-electron chi connectivity index (χ4n) is 1.12. The molecule has 1 aromatic carbocycles. The summed E-state index contributed by atoms with van der Waals surface area (Å²) in [5.41, 5.74) is 7.60. The molecule has 0 amide bonds. The summed E-state index contributed by atoms with van der Waals surface area (Å²) in [4.78, 5) is 0. The van der Waals surface area contributed by atoms with Crippen molar-refractivity contribution < 1.29 is 4.74 Å². The molecule has 0 unspecified atom stereocenters. The second kappa shape index (κ2) is 4.17. The van der Waals surface area contributed by atoms with Crippen molar-refractivity contribution in [1.82, 2.24) is 0 Å². The molecule has 0 bridgehead atoms. The third-order valence-corrected chi connectivity index (χ3v) is 1.80. The van der Waals surface area contributed by atoms with Crippen LogP contribution < -0.4 is 10.5 Å². The van der Waals surface area contributed by atoms with Crippen LogP contribution in [0.1, 0.15) is 19.4 Å². The van der Waals surface area contributed by atoms with E-state index in [1.54, 1.807) is 0 Å². The third kappa shape index (κ3) is 2.65. The van der Waals surface area contributed by atoms with E-state index in [1.807, 2.05) is 25.1 Å². The largest absolute Gasteiger partial charge is 0.491 e. The maximum Gasteiger partial charge on any atom is 0.145 e. The highest BCUT2D eigenvalue weighted by Crippen LogP contribution is 2.25. The van der Waals surface area contributed by atoms with E-state index in [9.17, 15) is 0 Å². The highest BCUT2D eigenvalue weighted by molar-refractivity contribution is 5.56. The van der Waals surface area contributed by atoms with Gasteiger partial charge in [0.2, 0.25) is 0 Å². The number of nitrogen functional groups attached to an aromatic ring is 1. The Bertz CT molecular complexity index is 261. The van der Waals surface area contributed by atoms with Crippen LogP contribution in [-0.4, -0.2) is 6.61 Å². The highest BCUT2D eigenvalue weighted by Gasteiger charge is 2.04. The van der Waals surface area contributed by atoms with Crippen LogP contribution in [0.25, 0.3) is 0 Å². The number of anilines is 1. The number of rotatable bonds is 3. The second-order valence-electron chi connectivity index (χ2n) is 3.70. The summed E-state index contributed by atoms with van der Waals surface area (Å²) < 4.78 is 5.60. The van der Waals surface area contributed by atoms with Gasteiger partial charge in [0.25, 0.3) is 0 Å². The summed E-state index contributed by atoms with van der Waals surface area (Å²) in [5.74, 6) is 1.36. The van der Waals surface area contributed by atoms with Crippen LogP contribution in [0.3, 0.4) is 0 Å². The van der Waals surface area contributed by atoms with Crippen molar-refractivity contribution in [1.29, 1.82) is 0 Å². The highest BCUT2D eigenvalue weighted by atomic mass is 16.5. The van der Waals surface area contributed by atoms with E-state index in [4.69, 9.17) is 10.5 Å². The maximum absolute atomic E-state index is 5.78. The molecule has 0 radical (unpaired) electrons. The first-order valence-corrected chi connectivity index (χ1v) is 4.59. The summed E-state index contributed by atoms with van der Waals surface area (Å²) >= 11 is 0. The standard InChI is InChI=1S/C11H17NO/c1-8(2)7-13-11-9(3)5-4-6-10(11)12/h4-6,8H,7,12H2,1-3H3. The van der Waals surface area contributed by atoms with Gasteiger partial charge >= 0.3 is 0 Å². The number of nitrogens with two attached hydrogens (primary N) is 1. The zero-order valence-electron chi connectivity index (χ0n) is 8.50. The molecule has 72 valence electrons. The van der Waals surface area contributed by atoms with Crippen LogP contribution >= 0.6 is 0 Å². The van der Waals surface area contributed by atoms with Gasteiger partial charge in [-0.05, 0) is 24.5 Å². The Morgan fingerprint density at radius 2 is 2.08 bits per heavy atom. The number of aryl methyl sites for hydroxylation is 1. The number of hydrogen-bond donors (Lipinski definition) is 1. The van der Waals surface area contributed by atoms with Gasteiger partial charge < -0.3 is 10.5 Å².